The van der Waals surface area contributed by atoms with E-state index >= 15 is 4.39 Å². The third kappa shape index (κ3) is 5.73. The molecular formula is C25H28FN5O5. The SMILES string of the molecule is C=CCOC(=O)N1CCN(c2ccc(-c3ccc(N4C[C@H](CNC(C)=O)OC4=O)cc3F)cn2)CC1. The summed E-state index contributed by atoms with van der Waals surface area (Å²) in [6, 6.07) is 8.15. The molecule has 0 aliphatic carbocycles. The summed E-state index contributed by atoms with van der Waals surface area (Å²) in [5, 5.41) is 2.61. The summed E-state index contributed by atoms with van der Waals surface area (Å²) < 4.78 is 25.3. The monoisotopic (exact) mass is 497 g/mol. The number of benzene rings is 1. The number of pyridine rings is 1. The van der Waals surface area contributed by atoms with Crippen molar-refractivity contribution in [1.82, 2.24) is 15.2 Å². The summed E-state index contributed by atoms with van der Waals surface area (Å²) in [5.74, 6) is 0.0254. The van der Waals surface area contributed by atoms with Gasteiger partial charge in [0.05, 0.1) is 18.8 Å². The fourth-order valence-electron chi connectivity index (χ4n) is 4.07. The molecule has 3 heterocycles. The number of halogens is 1. The number of aromatic nitrogens is 1. The van der Waals surface area contributed by atoms with Gasteiger partial charge in [-0.2, -0.15) is 0 Å². The van der Waals surface area contributed by atoms with Gasteiger partial charge < -0.3 is 24.6 Å². The van der Waals surface area contributed by atoms with Gasteiger partial charge in [0.2, 0.25) is 5.91 Å². The van der Waals surface area contributed by atoms with E-state index in [9.17, 15) is 14.4 Å². The number of hydrogen-bond acceptors (Lipinski definition) is 7. The van der Waals surface area contributed by atoms with Gasteiger partial charge in [-0.1, -0.05) is 12.7 Å². The van der Waals surface area contributed by atoms with Gasteiger partial charge in [-0.25, -0.2) is 19.0 Å². The van der Waals surface area contributed by atoms with Crippen LogP contribution >= 0.6 is 0 Å². The third-order valence-corrected chi connectivity index (χ3v) is 5.96. The first-order valence-corrected chi connectivity index (χ1v) is 11.6. The number of nitrogens with one attached hydrogen (secondary N) is 1. The molecule has 11 heteroatoms. The average Bonchev–Trinajstić information content (AvgIpc) is 3.26. The molecule has 2 aliphatic rings. The molecule has 2 aliphatic heterocycles. The van der Waals surface area contributed by atoms with Crippen LogP contribution in [0.5, 0.6) is 0 Å². The topological polar surface area (TPSA) is 104 Å². The molecule has 36 heavy (non-hydrogen) atoms. The Morgan fingerprint density at radius 2 is 2.03 bits per heavy atom. The lowest BCUT2D eigenvalue weighted by Gasteiger charge is -2.34. The standard InChI is InChI=1S/C25H28FN5O5/c1-3-12-35-24(33)30-10-8-29(9-11-30)23-7-4-18(14-28-23)21-6-5-19(13-22(21)26)31-16-20(36-25(31)34)15-27-17(2)32/h3-7,13-14,20H,1,8-12,15-16H2,2H3,(H,27,32)/t20-/m0/s1. The highest BCUT2D eigenvalue weighted by Crippen LogP contribution is 2.29. The summed E-state index contributed by atoms with van der Waals surface area (Å²) in [7, 11) is 0. The zero-order chi connectivity index (χ0) is 25.7. The Balaban J connectivity index is 1.37. The molecule has 1 atom stereocenters. The minimum absolute atomic E-state index is 0.181. The predicted octanol–water partition coefficient (Wildman–Crippen LogP) is 2.79. The summed E-state index contributed by atoms with van der Waals surface area (Å²) in [6.45, 7) is 7.75. The average molecular weight is 498 g/mol. The van der Waals surface area contributed by atoms with Crippen LogP contribution in [0.2, 0.25) is 0 Å². The van der Waals surface area contributed by atoms with Crippen LogP contribution in [0.25, 0.3) is 11.1 Å². The van der Waals surface area contributed by atoms with Crippen molar-refractivity contribution in [3.63, 3.8) is 0 Å². The molecule has 1 N–H and O–H groups in total. The number of hydrogen-bond donors (Lipinski definition) is 1. The number of anilines is 2. The van der Waals surface area contributed by atoms with Gasteiger partial charge in [0.1, 0.15) is 24.3 Å². The lowest BCUT2D eigenvalue weighted by Crippen LogP contribution is -2.49. The maximum absolute atomic E-state index is 15.0. The molecule has 0 radical (unpaired) electrons. The van der Waals surface area contributed by atoms with E-state index < -0.39 is 18.0 Å². The fraction of sp³-hybridized carbons (Fsp3) is 0.360. The van der Waals surface area contributed by atoms with Gasteiger partial charge in [0.15, 0.2) is 0 Å². The van der Waals surface area contributed by atoms with E-state index in [2.05, 4.69) is 21.8 Å². The van der Waals surface area contributed by atoms with Gasteiger partial charge in [0.25, 0.3) is 0 Å². The number of rotatable bonds is 7. The molecule has 0 spiro atoms. The smallest absolute Gasteiger partial charge is 0.414 e. The van der Waals surface area contributed by atoms with Crippen LogP contribution in [0.15, 0.2) is 49.2 Å². The van der Waals surface area contributed by atoms with Gasteiger partial charge in [-0.05, 0) is 30.3 Å². The van der Waals surface area contributed by atoms with Crippen molar-refractivity contribution in [1.29, 1.82) is 0 Å². The Morgan fingerprint density at radius 3 is 2.67 bits per heavy atom. The third-order valence-electron chi connectivity index (χ3n) is 5.96. The predicted molar refractivity (Wildman–Crippen MR) is 131 cm³/mol. The van der Waals surface area contributed by atoms with Crippen LogP contribution in [-0.4, -0.2) is 80.0 Å². The summed E-state index contributed by atoms with van der Waals surface area (Å²) in [4.78, 5) is 44.8. The highest BCUT2D eigenvalue weighted by Gasteiger charge is 2.32. The highest BCUT2D eigenvalue weighted by molar-refractivity contribution is 5.90. The van der Waals surface area contributed by atoms with E-state index in [4.69, 9.17) is 9.47 Å². The maximum Gasteiger partial charge on any atom is 0.414 e. The molecule has 0 bridgehead atoms. The molecule has 2 aromatic rings. The second-order valence-corrected chi connectivity index (χ2v) is 8.46. The quantitative estimate of drug-likeness (QED) is 0.587. The van der Waals surface area contributed by atoms with Crippen molar-refractivity contribution in [3.8, 4) is 11.1 Å². The Bertz CT molecular complexity index is 1130. The molecule has 4 rings (SSSR count). The minimum Gasteiger partial charge on any atom is -0.445 e. The van der Waals surface area contributed by atoms with Crippen LogP contribution < -0.4 is 15.1 Å². The van der Waals surface area contributed by atoms with Crippen molar-refractivity contribution in [2.24, 2.45) is 0 Å². The Labute approximate surface area is 208 Å². The van der Waals surface area contributed by atoms with Crippen molar-refractivity contribution >= 4 is 29.6 Å². The first kappa shape index (κ1) is 25.0. The number of ether oxygens (including phenoxy) is 2. The number of carbonyl (C=O) groups is 3. The summed E-state index contributed by atoms with van der Waals surface area (Å²) in [5.41, 5.74) is 1.33. The van der Waals surface area contributed by atoms with E-state index in [-0.39, 0.29) is 31.7 Å². The van der Waals surface area contributed by atoms with Crippen molar-refractivity contribution in [2.75, 3.05) is 55.7 Å². The van der Waals surface area contributed by atoms with Gasteiger partial charge in [0, 0.05) is 50.4 Å². The zero-order valence-electron chi connectivity index (χ0n) is 20.0. The first-order valence-electron chi connectivity index (χ1n) is 11.6. The zero-order valence-corrected chi connectivity index (χ0v) is 20.0. The number of cyclic esters (lactones) is 1. The fourth-order valence-corrected chi connectivity index (χ4v) is 4.07. The highest BCUT2D eigenvalue weighted by atomic mass is 19.1. The van der Waals surface area contributed by atoms with Gasteiger partial charge in [-0.3, -0.25) is 9.69 Å². The molecule has 0 saturated carbocycles. The van der Waals surface area contributed by atoms with Crippen LogP contribution in [0.4, 0.5) is 25.5 Å². The molecule has 0 unspecified atom stereocenters. The lowest BCUT2D eigenvalue weighted by molar-refractivity contribution is -0.119. The first-order chi connectivity index (χ1) is 17.4. The Morgan fingerprint density at radius 1 is 1.25 bits per heavy atom. The van der Waals surface area contributed by atoms with Crippen molar-refractivity contribution < 1.29 is 28.2 Å². The second-order valence-electron chi connectivity index (χ2n) is 8.46. The summed E-state index contributed by atoms with van der Waals surface area (Å²) in [6.07, 6.45) is 1.69. The maximum atomic E-state index is 15.0. The number of amides is 3. The van der Waals surface area contributed by atoms with Crippen LogP contribution in [-0.2, 0) is 14.3 Å². The van der Waals surface area contributed by atoms with E-state index in [1.165, 1.54) is 24.0 Å². The second kappa shape index (κ2) is 11.1. The van der Waals surface area contributed by atoms with Crippen molar-refractivity contribution in [3.05, 3.63) is 55.0 Å². The van der Waals surface area contributed by atoms with Crippen LogP contribution in [0.1, 0.15) is 6.92 Å². The lowest BCUT2D eigenvalue weighted by atomic mass is 10.1. The van der Waals surface area contributed by atoms with Crippen LogP contribution in [0, 0.1) is 5.82 Å². The normalized spacial score (nSPS) is 17.6. The molecule has 1 aromatic carbocycles. The van der Waals surface area contributed by atoms with Crippen LogP contribution in [0.3, 0.4) is 0 Å². The number of carbonyl (C=O) groups excluding carboxylic acids is 3. The molecule has 1 aromatic heterocycles. The molecule has 2 saturated heterocycles. The van der Waals surface area contributed by atoms with E-state index in [1.54, 1.807) is 29.3 Å². The minimum atomic E-state index is -0.586. The number of nitrogens with zero attached hydrogens (tertiary/aromatic N) is 4. The van der Waals surface area contributed by atoms with E-state index in [0.717, 1.165) is 5.82 Å². The number of piperazine rings is 1. The molecule has 10 nitrogen and oxygen atoms in total. The Kier molecular flexibility index (Phi) is 7.67. The van der Waals surface area contributed by atoms with Gasteiger partial charge in [-0.15, -0.1) is 0 Å². The molecule has 190 valence electrons. The van der Waals surface area contributed by atoms with E-state index in [0.29, 0.717) is 43.0 Å². The van der Waals surface area contributed by atoms with E-state index in [1.807, 2.05) is 6.07 Å². The molecular weight excluding hydrogens is 469 g/mol. The largest absolute Gasteiger partial charge is 0.445 e. The Hall–Kier alpha value is -4.15. The molecule has 3 amide bonds. The van der Waals surface area contributed by atoms with Crippen molar-refractivity contribution in [2.45, 2.75) is 13.0 Å². The molecule has 2 fully saturated rings. The van der Waals surface area contributed by atoms with Gasteiger partial charge >= 0.3 is 12.2 Å². The summed E-state index contributed by atoms with van der Waals surface area (Å²) >= 11 is 0.